The van der Waals surface area contributed by atoms with E-state index in [1.165, 1.54) is 23.3 Å². The monoisotopic (exact) mass is 403 g/mol. The van der Waals surface area contributed by atoms with Crippen LogP contribution in [0, 0.1) is 0 Å². The van der Waals surface area contributed by atoms with Crippen LogP contribution in [-0.4, -0.2) is 43.5 Å². The molecule has 2 aromatic rings. The minimum atomic E-state index is -0.431. The molecule has 0 unspecified atom stereocenters. The number of rotatable bonds is 7. The molecule has 0 saturated heterocycles. The Labute approximate surface area is 168 Å². The summed E-state index contributed by atoms with van der Waals surface area (Å²) in [5.41, 5.74) is 0.0318. The minimum Gasteiger partial charge on any atom is -0.495 e. The molecule has 0 aliphatic heterocycles. The summed E-state index contributed by atoms with van der Waals surface area (Å²) in [6.45, 7) is 5.16. The molecule has 0 bridgehead atoms. The first kappa shape index (κ1) is 21.4. The molecule has 0 saturated carbocycles. The lowest BCUT2D eigenvalue weighted by Gasteiger charge is -2.27. The van der Waals surface area contributed by atoms with Crippen molar-refractivity contribution >= 4 is 34.7 Å². The molecule has 0 radical (unpaired) electrons. The van der Waals surface area contributed by atoms with Crippen molar-refractivity contribution < 1.29 is 19.1 Å². The first-order valence-electron chi connectivity index (χ1n) is 8.77. The standard InChI is InChI=1S/C20H25N3O4S/c1-20(2,3)22-17(24)13-23(14-8-5-6-9-15(14)27-4)18(25)12-21-19(26)16-10-7-11-28-16/h5-11H,12-13H2,1-4H3,(H,21,26)(H,22,24). The summed E-state index contributed by atoms with van der Waals surface area (Å²) in [6, 6.07) is 10.4. The van der Waals surface area contributed by atoms with Crippen LogP contribution >= 0.6 is 11.3 Å². The molecule has 1 heterocycles. The smallest absolute Gasteiger partial charge is 0.261 e. The normalized spacial score (nSPS) is 10.9. The first-order valence-corrected chi connectivity index (χ1v) is 9.65. The number of benzene rings is 1. The molecule has 0 aliphatic carbocycles. The van der Waals surface area contributed by atoms with Crippen molar-refractivity contribution in [3.8, 4) is 5.75 Å². The van der Waals surface area contributed by atoms with Crippen molar-refractivity contribution in [1.82, 2.24) is 10.6 Å². The van der Waals surface area contributed by atoms with Gasteiger partial charge in [0.1, 0.15) is 12.3 Å². The molecular weight excluding hydrogens is 378 g/mol. The van der Waals surface area contributed by atoms with Crippen LogP contribution in [0.2, 0.25) is 0 Å². The zero-order valence-corrected chi connectivity index (χ0v) is 17.3. The van der Waals surface area contributed by atoms with Crippen LogP contribution in [0.15, 0.2) is 41.8 Å². The highest BCUT2D eigenvalue weighted by Crippen LogP contribution is 2.27. The molecule has 1 aromatic heterocycles. The number of hydrogen-bond acceptors (Lipinski definition) is 5. The lowest BCUT2D eigenvalue weighted by Crippen LogP contribution is -2.49. The van der Waals surface area contributed by atoms with E-state index < -0.39 is 11.4 Å². The van der Waals surface area contributed by atoms with Gasteiger partial charge in [0.25, 0.3) is 5.91 Å². The maximum atomic E-state index is 12.9. The topological polar surface area (TPSA) is 87.7 Å². The van der Waals surface area contributed by atoms with Crippen LogP contribution in [-0.2, 0) is 9.59 Å². The summed E-state index contributed by atoms with van der Waals surface area (Å²) in [5.74, 6) is -0.596. The lowest BCUT2D eigenvalue weighted by atomic mass is 10.1. The SMILES string of the molecule is COc1ccccc1N(CC(=O)NC(C)(C)C)C(=O)CNC(=O)c1cccs1. The van der Waals surface area contributed by atoms with Crippen molar-refractivity contribution in [2.45, 2.75) is 26.3 Å². The van der Waals surface area contributed by atoms with E-state index in [-0.39, 0.29) is 24.9 Å². The Balaban J connectivity index is 2.18. The molecule has 0 atom stereocenters. The summed E-state index contributed by atoms with van der Waals surface area (Å²) >= 11 is 1.29. The molecule has 1 aromatic carbocycles. The van der Waals surface area contributed by atoms with Gasteiger partial charge in [-0.2, -0.15) is 0 Å². The van der Waals surface area contributed by atoms with E-state index in [4.69, 9.17) is 4.74 Å². The lowest BCUT2D eigenvalue weighted by molar-refractivity contribution is -0.124. The van der Waals surface area contributed by atoms with E-state index >= 15 is 0 Å². The number of thiophene rings is 1. The van der Waals surface area contributed by atoms with Gasteiger partial charge >= 0.3 is 0 Å². The third-order valence-corrected chi connectivity index (χ3v) is 4.51. The molecule has 2 N–H and O–H groups in total. The Bertz CT molecular complexity index is 828. The fourth-order valence-corrected chi connectivity index (χ4v) is 3.15. The molecule has 8 heteroatoms. The van der Waals surface area contributed by atoms with E-state index in [9.17, 15) is 14.4 Å². The van der Waals surface area contributed by atoms with Gasteiger partial charge in [-0.25, -0.2) is 0 Å². The summed E-state index contributed by atoms with van der Waals surface area (Å²) in [5, 5.41) is 7.23. The van der Waals surface area contributed by atoms with Gasteiger partial charge in [0.15, 0.2) is 0 Å². The van der Waals surface area contributed by atoms with Crippen molar-refractivity contribution in [3.63, 3.8) is 0 Å². The first-order chi connectivity index (χ1) is 13.2. The highest BCUT2D eigenvalue weighted by molar-refractivity contribution is 7.12. The number of nitrogens with zero attached hydrogens (tertiary/aromatic N) is 1. The second kappa shape index (κ2) is 9.36. The van der Waals surface area contributed by atoms with E-state index in [1.807, 2.05) is 20.8 Å². The molecule has 0 aliphatic rings. The average molecular weight is 404 g/mol. The van der Waals surface area contributed by atoms with Gasteiger partial charge in [0.05, 0.1) is 24.2 Å². The number of amides is 3. The molecule has 3 amide bonds. The molecule has 28 heavy (non-hydrogen) atoms. The summed E-state index contributed by atoms with van der Waals surface area (Å²) in [6.07, 6.45) is 0. The van der Waals surface area contributed by atoms with Crippen LogP contribution in [0.1, 0.15) is 30.4 Å². The number of ether oxygens (including phenoxy) is 1. The number of methoxy groups -OCH3 is 1. The molecule has 150 valence electrons. The van der Waals surface area contributed by atoms with E-state index in [0.717, 1.165) is 0 Å². The van der Waals surface area contributed by atoms with Crippen LogP contribution in [0.5, 0.6) is 5.75 Å². The van der Waals surface area contributed by atoms with E-state index in [0.29, 0.717) is 16.3 Å². The highest BCUT2D eigenvalue weighted by atomic mass is 32.1. The summed E-state index contributed by atoms with van der Waals surface area (Å²) in [4.78, 5) is 39.3. The molecule has 0 spiro atoms. The number of carbonyl (C=O) groups excluding carboxylic acids is 3. The second-order valence-corrected chi connectivity index (χ2v) is 8.06. The van der Waals surface area contributed by atoms with Gasteiger partial charge in [-0.05, 0) is 44.4 Å². The van der Waals surface area contributed by atoms with Crippen molar-refractivity contribution in [3.05, 3.63) is 46.7 Å². The quantitative estimate of drug-likeness (QED) is 0.743. The maximum absolute atomic E-state index is 12.9. The fraction of sp³-hybridized carbons (Fsp3) is 0.350. The number of nitrogens with one attached hydrogen (secondary N) is 2. The van der Waals surface area contributed by atoms with Crippen LogP contribution < -0.4 is 20.3 Å². The van der Waals surface area contributed by atoms with E-state index in [2.05, 4.69) is 10.6 Å². The average Bonchev–Trinajstić information content (AvgIpc) is 3.17. The summed E-state index contributed by atoms with van der Waals surface area (Å²) < 4.78 is 5.33. The van der Waals surface area contributed by atoms with Gasteiger partial charge in [-0.3, -0.25) is 19.3 Å². The number of carbonyl (C=O) groups is 3. The zero-order chi connectivity index (χ0) is 20.7. The van der Waals surface area contributed by atoms with Crippen molar-refractivity contribution in [2.75, 3.05) is 25.1 Å². The van der Waals surface area contributed by atoms with Crippen LogP contribution in [0.4, 0.5) is 5.69 Å². The predicted octanol–water partition coefficient (Wildman–Crippen LogP) is 2.43. The second-order valence-electron chi connectivity index (χ2n) is 7.11. The van der Waals surface area contributed by atoms with Gasteiger partial charge < -0.3 is 15.4 Å². The Hall–Kier alpha value is -2.87. The van der Waals surface area contributed by atoms with E-state index in [1.54, 1.807) is 41.8 Å². The third kappa shape index (κ3) is 6.09. The molecule has 0 fully saturated rings. The van der Waals surface area contributed by atoms with Crippen molar-refractivity contribution in [2.24, 2.45) is 0 Å². The summed E-state index contributed by atoms with van der Waals surface area (Å²) in [7, 11) is 1.50. The Morgan fingerprint density at radius 3 is 2.43 bits per heavy atom. The molecule has 2 rings (SSSR count). The third-order valence-electron chi connectivity index (χ3n) is 3.64. The van der Waals surface area contributed by atoms with Crippen LogP contribution in [0.3, 0.4) is 0 Å². The molecular formula is C20H25N3O4S. The fourth-order valence-electron chi connectivity index (χ4n) is 2.51. The number of para-hydroxylation sites is 2. The molecule has 7 nitrogen and oxygen atoms in total. The Morgan fingerprint density at radius 1 is 1.11 bits per heavy atom. The van der Waals surface area contributed by atoms with Crippen molar-refractivity contribution in [1.29, 1.82) is 0 Å². The zero-order valence-electron chi connectivity index (χ0n) is 16.4. The Morgan fingerprint density at radius 2 is 1.82 bits per heavy atom. The van der Waals surface area contributed by atoms with Gasteiger partial charge in [-0.1, -0.05) is 18.2 Å². The number of anilines is 1. The maximum Gasteiger partial charge on any atom is 0.261 e. The van der Waals surface area contributed by atoms with Gasteiger partial charge in [0, 0.05) is 5.54 Å². The van der Waals surface area contributed by atoms with Crippen LogP contribution in [0.25, 0.3) is 0 Å². The predicted molar refractivity (Wildman–Crippen MR) is 110 cm³/mol. The Kier molecular flexibility index (Phi) is 7.17. The largest absolute Gasteiger partial charge is 0.495 e. The highest BCUT2D eigenvalue weighted by Gasteiger charge is 2.24. The van der Waals surface area contributed by atoms with Gasteiger partial charge in [0.2, 0.25) is 11.8 Å². The number of hydrogen-bond donors (Lipinski definition) is 2. The van der Waals surface area contributed by atoms with Gasteiger partial charge in [-0.15, -0.1) is 11.3 Å². The minimum absolute atomic E-state index is 0.189.